The zero-order valence-corrected chi connectivity index (χ0v) is 14.6. The monoisotopic (exact) mass is 330 g/mol. The SMILES string of the molecule is CC(C)[C@H]1COC(=O)N1C(=O)[C@@H]1CN(Cc2ccccc2)C[C@@H]1C. The fraction of sp³-hybridized carbons (Fsp3) is 0.579. The summed E-state index contributed by atoms with van der Waals surface area (Å²) < 4.78 is 5.13. The molecule has 2 aliphatic heterocycles. The third-order valence-corrected chi connectivity index (χ3v) is 5.17. The van der Waals surface area contributed by atoms with Gasteiger partial charge < -0.3 is 4.74 Å². The van der Waals surface area contributed by atoms with E-state index in [1.165, 1.54) is 10.5 Å². The lowest BCUT2D eigenvalue weighted by Gasteiger charge is -2.26. The fourth-order valence-electron chi connectivity index (χ4n) is 3.72. The third-order valence-electron chi connectivity index (χ3n) is 5.17. The average Bonchev–Trinajstić information content (AvgIpc) is 3.11. The second kappa shape index (κ2) is 6.93. The average molecular weight is 330 g/mol. The molecule has 0 aliphatic carbocycles. The van der Waals surface area contributed by atoms with Gasteiger partial charge in [0, 0.05) is 19.6 Å². The summed E-state index contributed by atoms with van der Waals surface area (Å²) in [5, 5.41) is 0. The lowest BCUT2D eigenvalue weighted by molar-refractivity contribution is -0.134. The maximum absolute atomic E-state index is 13.0. The van der Waals surface area contributed by atoms with Gasteiger partial charge in [0.1, 0.15) is 6.61 Å². The van der Waals surface area contributed by atoms with Gasteiger partial charge in [0.25, 0.3) is 0 Å². The van der Waals surface area contributed by atoms with Gasteiger partial charge in [0.15, 0.2) is 0 Å². The van der Waals surface area contributed by atoms with E-state index in [0.717, 1.165) is 13.1 Å². The van der Waals surface area contributed by atoms with E-state index >= 15 is 0 Å². The van der Waals surface area contributed by atoms with Gasteiger partial charge in [-0.1, -0.05) is 51.1 Å². The number of cyclic esters (lactones) is 1. The standard InChI is InChI=1S/C19H26N2O3/c1-13(2)17-12-24-19(23)21(17)18(22)16-11-20(9-14(16)3)10-15-7-5-4-6-8-15/h4-8,13-14,16-17H,9-12H2,1-3H3/t14-,16+,17+/m0/s1. The number of benzene rings is 1. The minimum absolute atomic E-state index is 0.0701. The Morgan fingerprint density at radius 1 is 1.25 bits per heavy atom. The van der Waals surface area contributed by atoms with Crippen LogP contribution in [-0.4, -0.2) is 47.5 Å². The van der Waals surface area contributed by atoms with E-state index < -0.39 is 6.09 Å². The molecular formula is C19H26N2O3. The molecule has 0 unspecified atom stereocenters. The molecule has 2 fully saturated rings. The Kier molecular flexibility index (Phi) is 4.90. The minimum Gasteiger partial charge on any atom is -0.447 e. The Bertz CT molecular complexity index is 602. The summed E-state index contributed by atoms with van der Waals surface area (Å²) in [5.74, 6) is 0.236. The largest absolute Gasteiger partial charge is 0.447 e. The van der Waals surface area contributed by atoms with Crippen LogP contribution in [0.2, 0.25) is 0 Å². The number of amides is 2. The molecule has 1 aromatic carbocycles. The normalized spacial score (nSPS) is 27.8. The number of nitrogens with zero attached hydrogens (tertiary/aromatic N) is 2. The highest BCUT2D eigenvalue weighted by atomic mass is 16.6. The summed E-state index contributed by atoms with van der Waals surface area (Å²) in [7, 11) is 0. The highest BCUT2D eigenvalue weighted by Gasteiger charge is 2.45. The molecule has 0 spiro atoms. The lowest BCUT2D eigenvalue weighted by Crippen LogP contribution is -2.46. The van der Waals surface area contributed by atoms with Crippen LogP contribution in [0.1, 0.15) is 26.3 Å². The smallest absolute Gasteiger partial charge is 0.416 e. The molecule has 0 radical (unpaired) electrons. The topological polar surface area (TPSA) is 49.9 Å². The summed E-state index contributed by atoms with van der Waals surface area (Å²) in [6, 6.07) is 10.1. The van der Waals surface area contributed by atoms with E-state index in [9.17, 15) is 9.59 Å². The van der Waals surface area contributed by atoms with Crippen LogP contribution in [-0.2, 0) is 16.1 Å². The number of rotatable bonds is 4. The van der Waals surface area contributed by atoms with E-state index in [0.29, 0.717) is 13.2 Å². The Labute approximate surface area is 143 Å². The second-order valence-corrected chi connectivity index (χ2v) is 7.36. The van der Waals surface area contributed by atoms with Crippen LogP contribution in [0.15, 0.2) is 30.3 Å². The highest BCUT2D eigenvalue weighted by molar-refractivity contribution is 5.95. The minimum atomic E-state index is -0.479. The van der Waals surface area contributed by atoms with E-state index in [-0.39, 0.29) is 29.7 Å². The molecule has 2 heterocycles. The summed E-state index contributed by atoms with van der Waals surface area (Å²) in [4.78, 5) is 28.7. The molecule has 2 saturated heterocycles. The number of carbonyl (C=O) groups excluding carboxylic acids is 2. The van der Waals surface area contributed by atoms with Crippen molar-refractivity contribution in [1.82, 2.24) is 9.80 Å². The van der Waals surface area contributed by atoms with Crippen molar-refractivity contribution in [2.75, 3.05) is 19.7 Å². The van der Waals surface area contributed by atoms with Gasteiger partial charge in [-0.15, -0.1) is 0 Å². The van der Waals surface area contributed by atoms with Crippen molar-refractivity contribution in [3.63, 3.8) is 0 Å². The molecule has 1 aromatic rings. The zero-order chi connectivity index (χ0) is 17.3. The number of likely N-dealkylation sites (tertiary alicyclic amines) is 1. The zero-order valence-electron chi connectivity index (χ0n) is 14.6. The summed E-state index contributed by atoms with van der Waals surface area (Å²) in [5.41, 5.74) is 1.25. The number of ether oxygens (including phenoxy) is 1. The summed E-state index contributed by atoms with van der Waals surface area (Å²) in [6.07, 6.45) is -0.479. The highest BCUT2D eigenvalue weighted by Crippen LogP contribution is 2.30. The van der Waals surface area contributed by atoms with Crippen molar-refractivity contribution in [3.05, 3.63) is 35.9 Å². The van der Waals surface area contributed by atoms with E-state index in [1.807, 2.05) is 32.0 Å². The molecule has 0 aromatic heterocycles. The van der Waals surface area contributed by atoms with Crippen molar-refractivity contribution >= 4 is 12.0 Å². The van der Waals surface area contributed by atoms with E-state index in [4.69, 9.17) is 4.74 Å². The first-order chi connectivity index (χ1) is 11.5. The van der Waals surface area contributed by atoms with Crippen molar-refractivity contribution in [3.8, 4) is 0 Å². The van der Waals surface area contributed by atoms with E-state index in [2.05, 4.69) is 24.0 Å². The van der Waals surface area contributed by atoms with Crippen molar-refractivity contribution < 1.29 is 14.3 Å². The van der Waals surface area contributed by atoms with Gasteiger partial charge >= 0.3 is 6.09 Å². The van der Waals surface area contributed by atoms with Crippen LogP contribution in [0, 0.1) is 17.8 Å². The van der Waals surface area contributed by atoms with Crippen molar-refractivity contribution in [2.24, 2.45) is 17.8 Å². The molecule has 0 N–H and O–H groups in total. The van der Waals surface area contributed by atoms with Crippen molar-refractivity contribution in [2.45, 2.75) is 33.4 Å². The molecule has 24 heavy (non-hydrogen) atoms. The van der Waals surface area contributed by atoms with E-state index in [1.54, 1.807) is 0 Å². The van der Waals surface area contributed by atoms with Gasteiger partial charge in [0.05, 0.1) is 12.0 Å². The molecule has 2 aliphatic rings. The van der Waals surface area contributed by atoms with Crippen LogP contribution in [0.25, 0.3) is 0 Å². The van der Waals surface area contributed by atoms with Gasteiger partial charge in [-0.3, -0.25) is 9.69 Å². The Balaban J connectivity index is 1.68. The second-order valence-electron chi connectivity index (χ2n) is 7.36. The number of hydrogen-bond acceptors (Lipinski definition) is 4. The van der Waals surface area contributed by atoms with Crippen LogP contribution in [0.3, 0.4) is 0 Å². The number of hydrogen-bond donors (Lipinski definition) is 0. The van der Waals surface area contributed by atoms with Gasteiger partial charge in [0.2, 0.25) is 5.91 Å². The van der Waals surface area contributed by atoms with Crippen LogP contribution < -0.4 is 0 Å². The van der Waals surface area contributed by atoms with Gasteiger partial charge in [-0.05, 0) is 17.4 Å². The first-order valence-corrected chi connectivity index (χ1v) is 8.73. The molecule has 2 amide bonds. The summed E-state index contributed by atoms with van der Waals surface area (Å²) >= 11 is 0. The molecule has 0 bridgehead atoms. The molecule has 3 rings (SSSR count). The van der Waals surface area contributed by atoms with Gasteiger partial charge in [-0.2, -0.15) is 0 Å². The van der Waals surface area contributed by atoms with Crippen LogP contribution in [0.4, 0.5) is 4.79 Å². The van der Waals surface area contributed by atoms with Gasteiger partial charge in [-0.25, -0.2) is 9.69 Å². The molecule has 0 saturated carbocycles. The third kappa shape index (κ3) is 3.31. The maximum atomic E-state index is 13.0. The van der Waals surface area contributed by atoms with Crippen LogP contribution >= 0.6 is 0 Å². The quantitative estimate of drug-likeness (QED) is 0.852. The lowest BCUT2D eigenvalue weighted by atomic mass is 9.95. The molecule has 5 heteroatoms. The number of imide groups is 1. The Hall–Kier alpha value is -1.88. The number of carbonyl (C=O) groups is 2. The van der Waals surface area contributed by atoms with Crippen LogP contribution in [0.5, 0.6) is 0 Å². The molecular weight excluding hydrogens is 304 g/mol. The fourth-order valence-corrected chi connectivity index (χ4v) is 3.72. The summed E-state index contributed by atoms with van der Waals surface area (Å²) in [6.45, 7) is 8.87. The molecule has 5 nitrogen and oxygen atoms in total. The first kappa shape index (κ1) is 17.0. The van der Waals surface area contributed by atoms with Crippen molar-refractivity contribution in [1.29, 1.82) is 0 Å². The predicted octanol–water partition coefficient (Wildman–Crippen LogP) is 2.76. The Morgan fingerprint density at radius 3 is 2.62 bits per heavy atom. The first-order valence-electron chi connectivity index (χ1n) is 8.73. The Morgan fingerprint density at radius 2 is 1.96 bits per heavy atom. The maximum Gasteiger partial charge on any atom is 0.416 e. The molecule has 130 valence electrons. The predicted molar refractivity (Wildman–Crippen MR) is 91.2 cm³/mol. The molecule has 3 atom stereocenters.